The molecular weight excluding hydrogens is 428 g/mol. The van der Waals surface area contributed by atoms with Crippen molar-refractivity contribution in [2.24, 2.45) is 0 Å². The molecule has 2 heterocycles. The first-order valence-electron chi connectivity index (χ1n) is 9.70. The molecule has 1 amide bonds. The third-order valence-electron chi connectivity index (χ3n) is 4.10. The average Bonchev–Trinajstić information content (AvgIpc) is 3.26. The highest BCUT2D eigenvalue weighted by molar-refractivity contribution is 7.99. The summed E-state index contributed by atoms with van der Waals surface area (Å²) in [6, 6.07) is 0. The van der Waals surface area contributed by atoms with Crippen LogP contribution in [0.3, 0.4) is 0 Å². The third kappa shape index (κ3) is 5.39. The van der Waals surface area contributed by atoms with Crippen molar-refractivity contribution in [3.63, 3.8) is 0 Å². The molecule has 0 radical (unpaired) electrons. The van der Waals surface area contributed by atoms with E-state index in [1.807, 2.05) is 18.4 Å². The second kappa shape index (κ2) is 11.1. The zero-order chi connectivity index (χ0) is 22.3. The summed E-state index contributed by atoms with van der Waals surface area (Å²) in [6.45, 7) is 10.1. The lowest BCUT2D eigenvalue weighted by molar-refractivity contribution is -0.113. The number of carbonyl (C=O) groups excluding carboxylic acids is 3. The summed E-state index contributed by atoms with van der Waals surface area (Å²) in [5.41, 5.74) is 0.603. The summed E-state index contributed by atoms with van der Waals surface area (Å²) in [6.07, 6.45) is 0.752. The Morgan fingerprint density at radius 1 is 1.07 bits per heavy atom. The molecule has 9 nitrogen and oxygen atoms in total. The molecular formula is C19H26N4O5S2. The van der Waals surface area contributed by atoms with Gasteiger partial charge in [0.15, 0.2) is 5.16 Å². The average molecular weight is 455 g/mol. The number of aromatic nitrogens is 3. The number of anilines is 1. The molecule has 2 aromatic rings. The van der Waals surface area contributed by atoms with E-state index in [4.69, 9.17) is 9.47 Å². The van der Waals surface area contributed by atoms with E-state index in [-0.39, 0.29) is 40.3 Å². The van der Waals surface area contributed by atoms with Crippen molar-refractivity contribution in [2.45, 2.75) is 52.7 Å². The Balaban J connectivity index is 2.20. The molecule has 0 aliphatic rings. The molecule has 1 N–H and O–H groups in total. The number of nitrogens with zero attached hydrogens (tertiary/aromatic N) is 3. The number of thioether (sulfide) groups is 1. The van der Waals surface area contributed by atoms with E-state index < -0.39 is 11.9 Å². The number of nitrogens with one attached hydrogen (secondary N) is 1. The predicted octanol–water partition coefficient (Wildman–Crippen LogP) is 3.31. The van der Waals surface area contributed by atoms with Crippen molar-refractivity contribution in [3.8, 4) is 0 Å². The summed E-state index contributed by atoms with van der Waals surface area (Å²) >= 11 is 2.26. The molecule has 2 rings (SSSR count). The molecule has 0 fully saturated rings. The highest BCUT2D eigenvalue weighted by atomic mass is 32.2. The van der Waals surface area contributed by atoms with E-state index in [0.717, 1.165) is 23.6 Å². The van der Waals surface area contributed by atoms with Crippen molar-refractivity contribution in [2.75, 3.05) is 24.3 Å². The Bertz CT molecular complexity index is 922. The van der Waals surface area contributed by atoms with Crippen LogP contribution in [0.2, 0.25) is 0 Å². The molecule has 0 bridgehead atoms. The maximum atomic E-state index is 12.6. The van der Waals surface area contributed by atoms with Crippen LogP contribution in [0.5, 0.6) is 0 Å². The number of ether oxygens (including phenoxy) is 2. The first-order valence-corrected chi connectivity index (χ1v) is 11.5. The number of hydrogen-bond donors (Lipinski definition) is 1. The minimum atomic E-state index is -0.594. The minimum Gasteiger partial charge on any atom is -0.462 e. The minimum absolute atomic E-state index is 0.0792. The molecule has 0 saturated carbocycles. The quantitative estimate of drug-likeness (QED) is 0.430. The van der Waals surface area contributed by atoms with Crippen LogP contribution in [0.25, 0.3) is 0 Å². The van der Waals surface area contributed by atoms with Crippen molar-refractivity contribution in [3.05, 3.63) is 21.8 Å². The standard InChI is InChI=1S/C19H26N4O5S2/c1-6-12-21-22-19(23(12)7-2)29-10-13(24)20-16-14(17(25)27-8-3)11(5)15(30-16)18(26)28-9-4/h6-10H2,1-5H3,(H,20,24). The van der Waals surface area contributed by atoms with E-state index in [9.17, 15) is 14.4 Å². The van der Waals surface area contributed by atoms with Crippen LogP contribution in [-0.4, -0.2) is 51.6 Å². The zero-order valence-electron chi connectivity index (χ0n) is 17.7. The van der Waals surface area contributed by atoms with Gasteiger partial charge in [-0.2, -0.15) is 0 Å². The van der Waals surface area contributed by atoms with Gasteiger partial charge in [0.2, 0.25) is 5.91 Å². The summed E-state index contributed by atoms with van der Waals surface area (Å²) in [7, 11) is 0. The number of carbonyl (C=O) groups is 3. The summed E-state index contributed by atoms with van der Waals surface area (Å²) in [4.78, 5) is 37.4. The van der Waals surface area contributed by atoms with Gasteiger partial charge in [-0.15, -0.1) is 21.5 Å². The van der Waals surface area contributed by atoms with Gasteiger partial charge in [-0.1, -0.05) is 18.7 Å². The molecule has 0 unspecified atom stereocenters. The van der Waals surface area contributed by atoms with Crippen LogP contribution in [0.15, 0.2) is 5.16 Å². The summed E-state index contributed by atoms with van der Waals surface area (Å²) < 4.78 is 12.1. The van der Waals surface area contributed by atoms with Gasteiger partial charge < -0.3 is 19.4 Å². The van der Waals surface area contributed by atoms with Gasteiger partial charge in [-0.25, -0.2) is 9.59 Å². The van der Waals surface area contributed by atoms with Gasteiger partial charge in [0.25, 0.3) is 0 Å². The van der Waals surface area contributed by atoms with Crippen molar-refractivity contribution >= 4 is 45.9 Å². The number of thiophene rings is 1. The van der Waals surface area contributed by atoms with Crippen molar-refractivity contribution in [1.29, 1.82) is 0 Å². The number of rotatable bonds is 10. The lowest BCUT2D eigenvalue weighted by Gasteiger charge is -2.08. The Hall–Kier alpha value is -2.40. The van der Waals surface area contributed by atoms with Crippen LogP contribution in [-0.2, 0) is 27.2 Å². The molecule has 0 aliphatic carbocycles. The topological polar surface area (TPSA) is 112 Å². The van der Waals surface area contributed by atoms with Gasteiger partial charge in [-0.3, -0.25) is 4.79 Å². The summed E-state index contributed by atoms with van der Waals surface area (Å²) in [5.74, 6) is -0.522. The Morgan fingerprint density at radius 3 is 2.33 bits per heavy atom. The summed E-state index contributed by atoms with van der Waals surface area (Å²) in [5, 5.41) is 11.9. The number of aryl methyl sites for hydroxylation is 1. The van der Waals surface area contributed by atoms with Gasteiger partial charge in [0.1, 0.15) is 15.7 Å². The van der Waals surface area contributed by atoms with Crippen LogP contribution < -0.4 is 5.32 Å². The fourth-order valence-electron chi connectivity index (χ4n) is 2.74. The van der Waals surface area contributed by atoms with E-state index in [2.05, 4.69) is 15.5 Å². The third-order valence-corrected chi connectivity index (χ3v) is 6.25. The molecule has 164 valence electrons. The predicted molar refractivity (Wildman–Crippen MR) is 115 cm³/mol. The van der Waals surface area contributed by atoms with Crippen molar-refractivity contribution < 1.29 is 23.9 Å². The maximum absolute atomic E-state index is 12.6. The molecule has 0 spiro atoms. The molecule has 11 heteroatoms. The first kappa shape index (κ1) is 23.9. The van der Waals surface area contributed by atoms with E-state index >= 15 is 0 Å². The maximum Gasteiger partial charge on any atom is 0.348 e. The molecule has 30 heavy (non-hydrogen) atoms. The number of esters is 2. The van der Waals surface area contributed by atoms with Crippen LogP contribution >= 0.6 is 23.1 Å². The molecule has 0 aromatic carbocycles. The zero-order valence-corrected chi connectivity index (χ0v) is 19.4. The van der Waals surface area contributed by atoms with Gasteiger partial charge in [0.05, 0.1) is 24.5 Å². The SMILES string of the molecule is CCOC(=O)c1sc(NC(=O)CSc2nnc(CC)n2CC)c(C(=O)OCC)c1C. The monoisotopic (exact) mass is 454 g/mol. The van der Waals surface area contributed by atoms with Crippen LogP contribution in [0.1, 0.15) is 59.1 Å². The number of hydrogen-bond acceptors (Lipinski definition) is 9. The highest BCUT2D eigenvalue weighted by Gasteiger charge is 2.27. The lowest BCUT2D eigenvalue weighted by Crippen LogP contribution is -2.17. The largest absolute Gasteiger partial charge is 0.462 e. The molecule has 0 saturated heterocycles. The van der Waals surface area contributed by atoms with Crippen LogP contribution in [0, 0.1) is 6.92 Å². The molecule has 0 aliphatic heterocycles. The smallest absolute Gasteiger partial charge is 0.348 e. The molecule has 0 atom stereocenters. The van der Waals surface area contributed by atoms with Crippen LogP contribution in [0.4, 0.5) is 5.00 Å². The van der Waals surface area contributed by atoms with E-state index in [1.54, 1.807) is 20.8 Å². The van der Waals surface area contributed by atoms with Gasteiger partial charge in [-0.05, 0) is 33.3 Å². The normalized spacial score (nSPS) is 10.7. The van der Waals surface area contributed by atoms with E-state index in [1.165, 1.54) is 11.8 Å². The Morgan fingerprint density at radius 2 is 1.73 bits per heavy atom. The van der Waals surface area contributed by atoms with Gasteiger partial charge in [0, 0.05) is 13.0 Å². The Kier molecular flexibility index (Phi) is 8.85. The second-order valence-corrected chi connectivity index (χ2v) is 8.00. The first-order chi connectivity index (χ1) is 14.4. The van der Waals surface area contributed by atoms with E-state index in [0.29, 0.717) is 17.3 Å². The Labute approximate surface area is 183 Å². The number of amides is 1. The molecule has 2 aromatic heterocycles. The second-order valence-electron chi connectivity index (χ2n) is 6.03. The van der Waals surface area contributed by atoms with Crippen molar-refractivity contribution in [1.82, 2.24) is 14.8 Å². The highest BCUT2D eigenvalue weighted by Crippen LogP contribution is 2.34. The fraction of sp³-hybridized carbons (Fsp3) is 0.526. The lowest BCUT2D eigenvalue weighted by atomic mass is 10.1. The van der Waals surface area contributed by atoms with Gasteiger partial charge >= 0.3 is 11.9 Å². The fourth-order valence-corrected chi connectivity index (χ4v) is 4.67.